The third kappa shape index (κ3) is 3.46. The Morgan fingerprint density at radius 1 is 1.08 bits per heavy atom. The van der Waals surface area contributed by atoms with E-state index in [0.29, 0.717) is 16.7 Å². The molecule has 3 rings (SSSR count). The smallest absolute Gasteiger partial charge is 0.336 e. The average Bonchev–Trinajstić information content (AvgIpc) is 2.89. The van der Waals surface area contributed by atoms with Crippen LogP contribution in [0.4, 0.5) is 0 Å². The Morgan fingerprint density at radius 2 is 1.73 bits per heavy atom. The van der Waals surface area contributed by atoms with Crippen LogP contribution < -0.4 is 5.73 Å². The number of amidine groups is 1. The van der Waals surface area contributed by atoms with Crippen LogP contribution in [0.2, 0.25) is 0 Å². The van der Waals surface area contributed by atoms with E-state index in [4.69, 9.17) is 10.6 Å². The summed E-state index contributed by atoms with van der Waals surface area (Å²) in [6.07, 6.45) is -0.171. The minimum Gasteiger partial charge on any atom is -0.380 e. The number of oxime groups is 1. The van der Waals surface area contributed by atoms with Crippen LogP contribution in [0, 0.1) is 6.92 Å². The van der Waals surface area contributed by atoms with Crippen LogP contribution in [0.25, 0.3) is 0 Å². The molecule has 0 radical (unpaired) electrons. The van der Waals surface area contributed by atoms with Crippen LogP contribution in [0.1, 0.15) is 38.3 Å². The minimum absolute atomic E-state index is 0.0720. The van der Waals surface area contributed by atoms with E-state index >= 15 is 0 Å². The van der Waals surface area contributed by atoms with E-state index in [1.54, 1.807) is 30.3 Å². The average molecular weight is 351 g/mol. The molecular formula is C19H17N3O4. The van der Waals surface area contributed by atoms with Crippen molar-refractivity contribution in [2.75, 3.05) is 6.54 Å². The van der Waals surface area contributed by atoms with Crippen molar-refractivity contribution in [1.82, 2.24) is 4.90 Å². The molecule has 2 amide bonds. The molecule has 1 aliphatic heterocycles. The second kappa shape index (κ2) is 7.18. The fourth-order valence-electron chi connectivity index (χ4n) is 2.65. The molecule has 0 saturated carbocycles. The van der Waals surface area contributed by atoms with Gasteiger partial charge in [0.2, 0.25) is 0 Å². The monoisotopic (exact) mass is 351 g/mol. The number of hydrogen-bond donors (Lipinski definition) is 1. The molecule has 7 nitrogen and oxygen atoms in total. The van der Waals surface area contributed by atoms with E-state index in [-0.39, 0.29) is 18.8 Å². The Balaban J connectivity index is 1.57. The molecular weight excluding hydrogens is 334 g/mol. The summed E-state index contributed by atoms with van der Waals surface area (Å²) in [7, 11) is 0. The lowest BCUT2D eigenvalue weighted by Gasteiger charge is -2.12. The lowest BCUT2D eigenvalue weighted by atomic mass is 10.1. The summed E-state index contributed by atoms with van der Waals surface area (Å²) < 4.78 is 0. The first-order valence-electron chi connectivity index (χ1n) is 8.03. The van der Waals surface area contributed by atoms with Gasteiger partial charge in [-0.15, -0.1) is 0 Å². The van der Waals surface area contributed by atoms with Gasteiger partial charge in [0.25, 0.3) is 11.8 Å². The summed E-state index contributed by atoms with van der Waals surface area (Å²) in [4.78, 5) is 42.1. The van der Waals surface area contributed by atoms with Crippen molar-refractivity contribution in [2.45, 2.75) is 13.3 Å². The van der Waals surface area contributed by atoms with Gasteiger partial charge in [0.15, 0.2) is 5.84 Å². The number of fused-ring (bicyclic) bond motifs is 1. The molecule has 0 unspecified atom stereocenters. The van der Waals surface area contributed by atoms with E-state index in [0.717, 1.165) is 10.5 Å². The summed E-state index contributed by atoms with van der Waals surface area (Å²) in [5, 5.41) is 3.61. The quantitative estimate of drug-likeness (QED) is 0.291. The second-order valence-electron chi connectivity index (χ2n) is 5.87. The van der Waals surface area contributed by atoms with Crippen LogP contribution in [0.15, 0.2) is 53.7 Å². The Bertz CT molecular complexity index is 886. The summed E-state index contributed by atoms with van der Waals surface area (Å²) in [5.41, 5.74) is 8.10. The lowest BCUT2D eigenvalue weighted by molar-refractivity contribution is -0.143. The van der Waals surface area contributed by atoms with Crippen LogP contribution in [-0.4, -0.2) is 35.1 Å². The van der Waals surface area contributed by atoms with Crippen molar-refractivity contribution in [3.63, 3.8) is 0 Å². The van der Waals surface area contributed by atoms with Crippen LogP contribution >= 0.6 is 0 Å². The minimum atomic E-state index is -0.683. The maximum absolute atomic E-state index is 12.2. The molecule has 0 atom stereocenters. The summed E-state index contributed by atoms with van der Waals surface area (Å²) in [6.45, 7) is 1.83. The molecule has 0 aliphatic carbocycles. The van der Waals surface area contributed by atoms with Crippen molar-refractivity contribution in [1.29, 1.82) is 0 Å². The summed E-state index contributed by atoms with van der Waals surface area (Å²) >= 11 is 0. The van der Waals surface area contributed by atoms with Gasteiger partial charge in [-0.3, -0.25) is 14.5 Å². The number of nitrogens with zero attached hydrogens (tertiary/aromatic N) is 2. The molecule has 0 aromatic heterocycles. The number of carbonyl (C=O) groups is 3. The summed E-state index contributed by atoms with van der Waals surface area (Å²) in [6, 6.07) is 13.8. The molecule has 26 heavy (non-hydrogen) atoms. The molecule has 2 N–H and O–H groups in total. The highest BCUT2D eigenvalue weighted by molar-refractivity contribution is 6.21. The molecule has 0 spiro atoms. The highest BCUT2D eigenvalue weighted by Crippen LogP contribution is 2.22. The van der Waals surface area contributed by atoms with Gasteiger partial charge in [-0.05, 0) is 25.1 Å². The fourth-order valence-corrected chi connectivity index (χ4v) is 2.65. The van der Waals surface area contributed by atoms with Crippen LogP contribution in [0.3, 0.4) is 0 Å². The molecule has 0 bridgehead atoms. The van der Waals surface area contributed by atoms with E-state index < -0.39 is 17.8 Å². The second-order valence-corrected chi connectivity index (χ2v) is 5.87. The van der Waals surface area contributed by atoms with Gasteiger partial charge >= 0.3 is 5.97 Å². The Morgan fingerprint density at radius 3 is 2.35 bits per heavy atom. The van der Waals surface area contributed by atoms with Crippen molar-refractivity contribution in [2.24, 2.45) is 10.9 Å². The highest BCUT2D eigenvalue weighted by atomic mass is 16.7. The molecule has 0 saturated heterocycles. The lowest BCUT2D eigenvalue weighted by Crippen LogP contribution is -2.32. The number of imide groups is 1. The molecule has 1 heterocycles. The summed E-state index contributed by atoms with van der Waals surface area (Å²) in [5.74, 6) is -1.44. The first kappa shape index (κ1) is 17.3. The van der Waals surface area contributed by atoms with Gasteiger partial charge in [0, 0.05) is 12.1 Å². The number of rotatable bonds is 5. The first-order chi connectivity index (χ1) is 12.5. The maximum Gasteiger partial charge on any atom is 0.336 e. The predicted molar refractivity (Wildman–Crippen MR) is 94.4 cm³/mol. The Labute approximate surface area is 150 Å². The number of amides is 2. The standard InChI is InChI=1S/C19H17N3O4/c1-12-5-4-6-13(11-12)17(20)21-26-16(23)9-10-22-18(24)14-7-2-3-8-15(14)19(22)25/h2-8,11H,9-10H2,1H3,(H2,20,21). The molecule has 2 aromatic carbocycles. The SMILES string of the molecule is Cc1cccc(C(N)=NOC(=O)CCN2C(=O)c3ccccc3C2=O)c1. The number of carbonyl (C=O) groups excluding carboxylic acids is 3. The van der Waals surface area contributed by atoms with Gasteiger partial charge in [0.05, 0.1) is 17.5 Å². The van der Waals surface area contributed by atoms with Gasteiger partial charge in [0.1, 0.15) is 0 Å². The third-order valence-electron chi connectivity index (χ3n) is 3.98. The normalized spacial score (nSPS) is 13.7. The first-order valence-corrected chi connectivity index (χ1v) is 8.03. The Hall–Kier alpha value is -3.48. The number of nitrogens with two attached hydrogens (primary N) is 1. The van der Waals surface area contributed by atoms with Crippen molar-refractivity contribution >= 4 is 23.6 Å². The maximum atomic E-state index is 12.2. The van der Waals surface area contributed by atoms with Gasteiger partial charge < -0.3 is 10.6 Å². The highest BCUT2D eigenvalue weighted by Gasteiger charge is 2.35. The van der Waals surface area contributed by atoms with Crippen molar-refractivity contribution in [3.8, 4) is 0 Å². The van der Waals surface area contributed by atoms with Crippen LogP contribution in [-0.2, 0) is 9.63 Å². The predicted octanol–water partition coefficient (Wildman–Crippen LogP) is 1.84. The van der Waals surface area contributed by atoms with E-state index in [2.05, 4.69) is 5.16 Å². The number of aryl methyl sites for hydroxylation is 1. The van der Waals surface area contributed by atoms with E-state index in [9.17, 15) is 14.4 Å². The zero-order valence-electron chi connectivity index (χ0n) is 14.1. The molecule has 1 aliphatic rings. The molecule has 132 valence electrons. The van der Waals surface area contributed by atoms with E-state index in [1.807, 2.05) is 25.1 Å². The zero-order chi connectivity index (χ0) is 18.7. The molecule has 0 fully saturated rings. The zero-order valence-corrected chi connectivity index (χ0v) is 14.1. The molecule has 7 heteroatoms. The Kier molecular flexibility index (Phi) is 4.79. The number of hydrogen-bond acceptors (Lipinski definition) is 5. The van der Waals surface area contributed by atoms with Gasteiger partial charge in [-0.2, -0.15) is 0 Å². The van der Waals surface area contributed by atoms with Gasteiger partial charge in [-0.25, -0.2) is 4.79 Å². The van der Waals surface area contributed by atoms with Crippen molar-refractivity contribution in [3.05, 3.63) is 70.8 Å². The fraction of sp³-hybridized carbons (Fsp3) is 0.158. The molecule has 2 aromatic rings. The van der Waals surface area contributed by atoms with Crippen molar-refractivity contribution < 1.29 is 19.2 Å². The topological polar surface area (TPSA) is 102 Å². The van der Waals surface area contributed by atoms with E-state index in [1.165, 1.54) is 0 Å². The third-order valence-corrected chi connectivity index (χ3v) is 3.98. The number of benzene rings is 2. The van der Waals surface area contributed by atoms with Crippen LogP contribution in [0.5, 0.6) is 0 Å². The largest absolute Gasteiger partial charge is 0.380 e. The van der Waals surface area contributed by atoms with Gasteiger partial charge in [-0.1, -0.05) is 41.1 Å².